The summed E-state index contributed by atoms with van der Waals surface area (Å²) in [5, 5.41) is 0. The van der Waals surface area contributed by atoms with Crippen molar-refractivity contribution in [2.45, 2.75) is 6.36 Å². The molecular weight excluding hydrogens is 333 g/mol. The van der Waals surface area contributed by atoms with Gasteiger partial charge in [0.05, 0.1) is 4.47 Å². The predicted octanol–water partition coefficient (Wildman–Crippen LogP) is 4.20. The summed E-state index contributed by atoms with van der Waals surface area (Å²) >= 11 is 8.04. The molecule has 2 rings (SSSR count). The van der Waals surface area contributed by atoms with Crippen LogP contribution < -0.4 is 4.74 Å². The molecule has 0 amide bonds. The van der Waals surface area contributed by atoms with E-state index in [0.717, 1.165) is 0 Å². The van der Waals surface area contributed by atoms with Crippen molar-refractivity contribution in [2.24, 2.45) is 0 Å². The van der Waals surface area contributed by atoms with Crippen molar-refractivity contribution in [3.63, 3.8) is 0 Å². The van der Waals surface area contributed by atoms with E-state index in [0.29, 0.717) is 10.5 Å². The molecule has 2 aromatic rings. The molecule has 0 aliphatic carbocycles. The summed E-state index contributed by atoms with van der Waals surface area (Å²) in [6, 6.07) is 4.20. The third-order valence-corrected chi connectivity index (χ3v) is 3.00. The third-order valence-electron chi connectivity index (χ3n) is 2.07. The molecule has 18 heavy (non-hydrogen) atoms. The molecule has 0 bridgehead atoms. The van der Waals surface area contributed by atoms with Crippen LogP contribution in [0.1, 0.15) is 0 Å². The molecule has 1 aromatic carbocycles. The van der Waals surface area contributed by atoms with E-state index in [1.807, 2.05) is 0 Å². The van der Waals surface area contributed by atoms with Crippen molar-refractivity contribution in [3.8, 4) is 11.4 Å². The number of nitrogens with zero attached hydrogens (tertiary/aromatic N) is 1. The van der Waals surface area contributed by atoms with E-state index in [-0.39, 0.29) is 10.2 Å². The summed E-state index contributed by atoms with van der Waals surface area (Å²) in [6.07, 6.45) is -1.40. The fourth-order valence-corrected chi connectivity index (χ4v) is 2.05. The van der Waals surface area contributed by atoms with Crippen LogP contribution in [0.4, 0.5) is 13.2 Å². The zero-order valence-electron chi connectivity index (χ0n) is 8.66. The Hall–Kier alpha value is -1.28. The van der Waals surface area contributed by atoms with E-state index in [4.69, 9.17) is 12.2 Å². The SMILES string of the molecule is FC(F)(F)Oc1ccc(-n2cc[nH]c2=S)cc1Br. The highest BCUT2D eigenvalue weighted by atomic mass is 79.9. The molecule has 0 radical (unpaired) electrons. The van der Waals surface area contributed by atoms with Gasteiger partial charge in [-0.3, -0.25) is 4.57 Å². The van der Waals surface area contributed by atoms with Gasteiger partial charge in [-0.1, -0.05) is 0 Å². The largest absolute Gasteiger partial charge is 0.573 e. The number of aromatic nitrogens is 2. The number of ether oxygens (including phenoxy) is 1. The third kappa shape index (κ3) is 2.94. The van der Waals surface area contributed by atoms with Gasteiger partial charge in [-0.2, -0.15) is 0 Å². The Kier molecular flexibility index (Phi) is 3.49. The number of halogens is 4. The maximum absolute atomic E-state index is 12.1. The minimum Gasteiger partial charge on any atom is -0.405 e. The Bertz CT molecular complexity index is 620. The number of rotatable bonds is 2. The first-order valence-corrected chi connectivity index (χ1v) is 5.89. The summed E-state index contributed by atoms with van der Waals surface area (Å²) < 4.78 is 42.4. The lowest BCUT2D eigenvalue weighted by Gasteiger charge is -2.11. The van der Waals surface area contributed by atoms with Crippen LogP contribution in [0.5, 0.6) is 5.75 Å². The van der Waals surface area contributed by atoms with Gasteiger partial charge in [0.2, 0.25) is 0 Å². The van der Waals surface area contributed by atoms with E-state index in [1.54, 1.807) is 17.0 Å². The topological polar surface area (TPSA) is 29.9 Å². The molecule has 1 aromatic heterocycles. The van der Waals surface area contributed by atoms with Crippen LogP contribution in [0.25, 0.3) is 5.69 Å². The molecule has 0 aliphatic rings. The Morgan fingerprint density at radius 1 is 1.33 bits per heavy atom. The first-order chi connectivity index (χ1) is 8.37. The van der Waals surface area contributed by atoms with Gasteiger partial charge in [0.25, 0.3) is 0 Å². The van der Waals surface area contributed by atoms with Crippen LogP contribution in [-0.4, -0.2) is 15.9 Å². The van der Waals surface area contributed by atoms with Crippen LogP contribution >= 0.6 is 28.1 Å². The van der Waals surface area contributed by atoms with Gasteiger partial charge in [-0.25, -0.2) is 0 Å². The normalized spacial score (nSPS) is 11.6. The zero-order chi connectivity index (χ0) is 13.3. The molecule has 8 heteroatoms. The smallest absolute Gasteiger partial charge is 0.405 e. The van der Waals surface area contributed by atoms with Crippen LogP contribution in [0.3, 0.4) is 0 Å². The first-order valence-electron chi connectivity index (χ1n) is 4.68. The summed E-state index contributed by atoms with van der Waals surface area (Å²) in [6.45, 7) is 0. The number of nitrogens with one attached hydrogen (secondary N) is 1. The Morgan fingerprint density at radius 3 is 2.56 bits per heavy atom. The highest BCUT2D eigenvalue weighted by molar-refractivity contribution is 9.10. The summed E-state index contributed by atoms with van der Waals surface area (Å²) in [4.78, 5) is 2.79. The molecule has 0 spiro atoms. The number of benzene rings is 1. The maximum Gasteiger partial charge on any atom is 0.573 e. The second-order valence-electron chi connectivity index (χ2n) is 3.30. The van der Waals surface area contributed by atoms with E-state index in [9.17, 15) is 13.2 Å². The van der Waals surface area contributed by atoms with Crippen molar-refractivity contribution in [1.82, 2.24) is 9.55 Å². The van der Waals surface area contributed by atoms with Crippen LogP contribution in [0.2, 0.25) is 0 Å². The molecule has 3 nitrogen and oxygen atoms in total. The molecule has 0 saturated carbocycles. The highest BCUT2D eigenvalue weighted by Crippen LogP contribution is 2.31. The van der Waals surface area contributed by atoms with E-state index in [2.05, 4.69) is 25.7 Å². The monoisotopic (exact) mass is 338 g/mol. The van der Waals surface area contributed by atoms with Gasteiger partial charge in [-0.05, 0) is 46.3 Å². The van der Waals surface area contributed by atoms with E-state index < -0.39 is 6.36 Å². The van der Waals surface area contributed by atoms with Gasteiger partial charge < -0.3 is 9.72 Å². The summed E-state index contributed by atoms with van der Waals surface area (Å²) in [5.74, 6) is -0.298. The van der Waals surface area contributed by atoms with Crippen LogP contribution in [0.15, 0.2) is 35.1 Å². The summed E-state index contributed by atoms with van der Waals surface area (Å²) in [7, 11) is 0. The molecule has 1 heterocycles. The Labute approximate surface area is 113 Å². The fourth-order valence-electron chi connectivity index (χ4n) is 1.37. The van der Waals surface area contributed by atoms with Gasteiger partial charge in [0, 0.05) is 18.1 Å². The lowest BCUT2D eigenvalue weighted by atomic mass is 10.3. The molecule has 0 aliphatic heterocycles. The Balaban J connectivity index is 2.37. The number of aromatic amines is 1. The molecule has 1 N–H and O–H groups in total. The van der Waals surface area contributed by atoms with Crippen molar-refractivity contribution < 1.29 is 17.9 Å². The number of hydrogen-bond donors (Lipinski definition) is 1. The van der Waals surface area contributed by atoms with Crippen molar-refractivity contribution >= 4 is 28.1 Å². The molecule has 0 unspecified atom stereocenters. The Morgan fingerprint density at radius 2 is 2.06 bits per heavy atom. The average molecular weight is 339 g/mol. The lowest BCUT2D eigenvalue weighted by Crippen LogP contribution is -2.17. The number of alkyl halides is 3. The highest BCUT2D eigenvalue weighted by Gasteiger charge is 2.31. The number of imidazole rings is 1. The van der Waals surface area contributed by atoms with Crippen LogP contribution in [0, 0.1) is 4.77 Å². The van der Waals surface area contributed by atoms with Crippen molar-refractivity contribution in [2.75, 3.05) is 0 Å². The second-order valence-corrected chi connectivity index (χ2v) is 4.54. The second kappa shape index (κ2) is 4.77. The first kappa shape index (κ1) is 13.2. The predicted molar refractivity (Wildman–Crippen MR) is 65.3 cm³/mol. The average Bonchev–Trinajstić information content (AvgIpc) is 2.66. The molecule has 0 fully saturated rings. The zero-order valence-corrected chi connectivity index (χ0v) is 11.1. The number of H-pyrrole nitrogens is 1. The maximum atomic E-state index is 12.1. The van der Waals surface area contributed by atoms with Gasteiger partial charge >= 0.3 is 6.36 Å². The van der Waals surface area contributed by atoms with E-state index in [1.165, 1.54) is 18.2 Å². The lowest BCUT2D eigenvalue weighted by molar-refractivity contribution is -0.274. The van der Waals surface area contributed by atoms with Crippen LogP contribution in [-0.2, 0) is 0 Å². The minimum absolute atomic E-state index is 0.195. The van der Waals surface area contributed by atoms with Crippen molar-refractivity contribution in [1.29, 1.82) is 0 Å². The molecule has 0 atom stereocenters. The quantitative estimate of drug-likeness (QED) is 0.832. The fraction of sp³-hybridized carbons (Fsp3) is 0.100. The molecule has 0 saturated heterocycles. The standard InChI is InChI=1S/C10H6BrF3N2OS/c11-7-5-6(16-4-3-15-9(16)18)1-2-8(7)17-10(12,13)14/h1-5H,(H,15,18). The molecular formula is C10H6BrF3N2OS. The van der Waals surface area contributed by atoms with E-state index >= 15 is 0 Å². The molecule has 96 valence electrons. The summed E-state index contributed by atoms with van der Waals surface area (Å²) in [5.41, 5.74) is 0.627. The van der Waals surface area contributed by atoms with Gasteiger partial charge in [-0.15, -0.1) is 13.2 Å². The van der Waals surface area contributed by atoms with Gasteiger partial charge in [0.1, 0.15) is 5.75 Å². The van der Waals surface area contributed by atoms with Crippen molar-refractivity contribution in [3.05, 3.63) is 39.8 Å². The van der Waals surface area contributed by atoms with Gasteiger partial charge in [0.15, 0.2) is 4.77 Å². The number of hydrogen-bond acceptors (Lipinski definition) is 2. The minimum atomic E-state index is -4.71.